The van der Waals surface area contributed by atoms with Crippen molar-refractivity contribution in [3.05, 3.63) is 33.2 Å². The standard InChI is InChI=1S/C14H21NO3/c1-4-5-6-7-8-15-11(3)13(14(17)18)10(2)9-12(15)16/h9H,4-8H2,1-3H3,(H,17,18). The van der Waals surface area contributed by atoms with Gasteiger partial charge in [-0.25, -0.2) is 4.79 Å². The van der Waals surface area contributed by atoms with E-state index in [0.717, 1.165) is 25.7 Å². The summed E-state index contributed by atoms with van der Waals surface area (Å²) in [4.78, 5) is 23.0. The summed E-state index contributed by atoms with van der Waals surface area (Å²) >= 11 is 0. The van der Waals surface area contributed by atoms with Gasteiger partial charge in [0.05, 0.1) is 5.56 Å². The number of aromatic carboxylic acids is 1. The number of carboxylic acid groups (broad SMARTS) is 1. The number of aryl methyl sites for hydroxylation is 1. The number of unbranched alkanes of at least 4 members (excludes halogenated alkanes) is 3. The SMILES string of the molecule is CCCCCCn1c(C)c(C(=O)O)c(C)cc1=O. The van der Waals surface area contributed by atoms with Gasteiger partial charge in [0, 0.05) is 18.3 Å². The van der Waals surface area contributed by atoms with E-state index in [9.17, 15) is 9.59 Å². The highest BCUT2D eigenvalue weighted by Crippen LogP contribution is 2.12. The van der Waals surface area contributed by atoms with Crippen LogP contribution in [0.25, 0.3) is 0 Å². The summed E-state index contributed by atoms with van der Waals surface area (Å²) < 4.78 is 1.58. The number of pyridine rings is 1. The summed E-state index contributed by atoms with van der Waals surface area (Å²) in [6.07, 6.45) is 4.27. The van der Waals surface area contributed by atoms with E-state index in [1.54, 1.807) is 18.4 Å². The van der Waals surface area contributed by atoms with Gasteiger partial charge < -0.3 is 9.67 Å². The van der Waals surface area contributed by atoms with E-state index in [-0.39, 0.29) is 11.1 Å². The topological polar surface area (TPSA) is 59.3 Å². The van der Waals surface area contributed by atoms with Crippen LogP contribution in [0.15, 0.2) is 10.9 Å². The summed E-state index contributed by atoms with van der Waals surface area (Å²) in [5.41, 5.74) is 1.25. The molecule has 1 N–H and O–H groups in total. The second kappa shape index (κ2) is 6.38. The van der Waals surface area contributed by atoms with Crippen molar-refractivity contribution < 1.29 is 9.90 Å². The molecule has 0 aliphatic carbocycles. The summed E-state index contributed by atoms with van der Waals surface area (Å²) in [5.74, 6) is -0.965. The molecule has 1 heterocycles. The van der Waals surface area contributed by atoms with Crippen molar-refractivity contribution in [2.24, 2.45) is 0 Å². The minimum absolute atomic E-state index is 0.105. The first-order valence-electron chi connectivity index (χ1n) is 6.43. The Morgan fingerprint density at radius 1 is 1.28 bits per heavy atom. The fourth-order valence-electron chi connectivity index (χ4n) is 2.22. The fraction of sp³-hybridized carbons (Fsp3) is 0.571. The van der Waals surface area contributed by atoms with Crippen molar-refractivity contribution in [2.75, 3.05) is 0 Å². The molecule has 100 valence electrons. The second-order valence-electron chi connectivity index (χ2n) is 4.64. The van der Waals surface area contributed by atoms with E-state index in [2.05, 4.69) is 6.92 Å². The zero-order valence-corrected chi connectivity index (χ0v) is 11.3. The molecule has 1 aromatic rings. The van der Waals surface area contributed by atoms with Crippen LogP contribution in [0.3, 0.4) is 0 Å². The third-order valence-electron chi connectivity index (χ3n) is 3.22. The van der Waals surface area contributed by atoms with Gasteiger partial charge in [0.1, 0.15) is 0 Å². The molecular weight excluding hydrogens is 230 g/mol. The lowest BCUT2D eigenvalue weighted by molar-refractivity contribution is 0.0694. The molecule has 0 saturated heterocycles. The van der Waals surface area contributed by atoms with Crippen molar-refractivity contribution in [1.82, 2.24) is 4.57 Å². The minimum Gasteiger partial charge on any atom is -0.478 e. The lowest BCUT2D eigenvalue weighted by Crippen LogP contribution is -2.25. The molecular formula is C14H21NO3. The van der Waals surface area contributed by atoms with E-state index in [4.69, 9.17) is 5.11 Å². The van der Waals surface area contributed by atoms with Gasteiger partial charge in [0.25, 0.3) is 5.56 Å². The van der Waals surface area contributed by atoms with Gasteiger partial charge >= 0.3 is 5.97 Å². The Kier molecular flexibility index (Phi) is 5.13. The Balaban J connectivity index is 3.01. The summed E-state index contributed by atoms with van der Waals surface area (Å²) in [6.45, 7) is 6.11. The maximum atomic E-state index is 11.9. The van der Waals surface area contributed by atoms with Gasteiger partial charge in [-0.15, -0.1) is 0 Å². The normalized spacial score (nSPS) is 10.6. The molecule has 4 heteroatoms. The molecule has 0 radical (unpaired) electrons. The van der Waals surface area contributed by atoms with Gasteiger partial charge in [0.2, 0.25) is 0 Å². The number of rotatable bonds is 6. The molecule has 0 bridgehead atoms. The minimum atomic E-state index is -0.965. The number of carbonyl (C=O) groups is 1. The van der Waals surface area contributed by atoms with Crippen LogP contribution >= 0.6 is 0 Å². The maximum absolute atomic E-state index is 11.9. The Labute approximate surface area is 107 Å². The molecule has 0 unspecified atom stereocenters. The number of aromatic nitrogens is 1. The molecule has 0 saturated carbocycles. The highest BCUT2D eigenvalue weighted by Gasteiger charge is 2.15. The van der Waals surface area contributed by atoms with E-state index in [0.29, 0.717) is 17.8 Å². The van der Waals surface area contributed by atoms with E-state index < -0.39 is 5.97 Å². The van der Waals surface area contributed by atoms with Crippen LogP contribution in [-0.4, -0.2) is 15.6 Å². The molecule has 1 rings (SSSR count). The molecule has 0 aliphatic rings. The Hall–Kier alpha value is -1.58. The Morgan fingerprint density at radius 3 is 2.50 bits per heavy atom. The number of hydrogen-bond donors (Lipinski definition) is 1. The zero-order valence-electron chi connectivity index (χ0n) is 11.3. The van der Waals surface area contributed by atoms with E-state index in [1.165, 1.54) is 6.07 Å². The fourth-order valence-corrected chi connectivity index (χ4v) is 2.22. The predicted octanol–water partition coefficient (Wildman–Crippen LogP) is 2.74. The van der Waals surface area contributed by atoms with Gasteiger partial charge in [-0.2, -0.15) is 0 Å². The summed E-state index contributed by atoms with van der Waals surface area (Å²) in [6, 6.07) is 1.41. The van der Waals surface area contributed by atoms with Crippen LogP contribution in [0.5, 0.6) is 0 Å². The van der Waals surface area contributed by atoms with Crippen LogP contribution in [0, 0.1) is 13.8 Å². The quantitative estimate of drug-likeness (QED) is 0.791. The lowest BCUT2D eigenvalue weighted by Gasteiger charge is -2.13. The van der Waals surface area contributed by atoms with Gasteiger partial charge in [0.15, 0.2) is 0 Å². The average Bonchev–Trinajstić information content (AvgIpc) is 2.26. The van der Waals surface area contributed by atoms with Crippen LogP contribution in [0.4, 0.5) is 0 Å². The summed E-state index contributed by atoms with van der Waals surface area (Å²) in [5, 5.41) is 9.16. The smallest absolute Gasteiger partial charge is 0.337 e. The maximum Gasteiger partial charge on any atom is 0.337 e. The molecule has 0 fully saturated rings. The van der Waals surface area contributed by atoms with Crippen molar-refractivity contribution in [2.45, 2.75) is 53.0 Å². The van der Waals surface area contributed by atoms with Crippen LogP contribution in [-0.2, 0) is 6.54 Å². The number of nitrogens with zero attached hydrogens (tertiary/aromatic N) is 1. The van der Waals surface area contributed by atoms with E-state index >= 15 is 0 Å². The largest absolute Gasteiger partial charge is 0.478 e. The van der Waals surface area contributed by atoms with Crippen molar-refractivity contribution in [3.63, 3.8) is 0 Å². The average molecular weight is 251 g/mol. The molecule has 18 heavy (non-hydrogen) atoms. The molecule has 0 amide bonds. The monoisotopic (exact) mass is 251 g/mol. The summed E-state index contributed by atoms with van der Waals surface area (Å²) in [7, 11) is 0. The first-order valence-corrected chi connectivity index (χ1v) is 6.43. The highest BCUT2D eigenvalue weighted by atomic mass is 16.4. The highest BCUT2D eigenvalue weighted by molar-refractivity contribution is 5.90. The molecule has 0 spiro atoms. The lowest BCUT2D eigenvalue weighted by atomic mass is 10.1. The van der Waals surface area contributed by atoms with Crippen LogP contribution in [0.1, 0.15) is 54.2 Å². The van der Waals surface area contributed by atoms with Crippen LogP contribution in [0.2, 0.25) is 0 Å². The van der Waals surface area contributed by atoms with Gasteiger partial charge in [-0.3, -0.25) is 4.79 Å². The first kappa shape index (κ1) is 14.5. The zero-order chi connectivity index (χ0) is 13.7. The third-order valence-corrected chi connectivity index (χ3v) is 3.22. The van der Waals surface area contributed by atoms with Gasteiger partial charge in [-0.1, -0.05) is 26.2 Å². The Morgan fingerprint density at radius 2 is 1.94 bits per heavy atom. The van der Waals surface area contributed by atoms with Crippen LogP contribution < -0.4 is 5.56 Å². The van der Waals surface area contributed by atoms with E-state index in [1.807, 2.05) is 0 Å². The molecule has 1 aromatic heterocycles. The van der Waals surface area contributed by atoms with Crippen molar-refractivity contribution in [3.8, 4) is 0 Å². The predicted molar refractivity (Wildman–Crippen MR) is 71.3 cm³/mol. The molecule has 0 aromatic carbocycles. The number of carboxylic acids is 1. The molecule has 4 nitrogen and oxygen atoms in total. The molecule has 0 atom stereocenters. The second-order valence-corrected chi connectivity index (χ2v) is 4.64. The first-order chi connectivity index (χ1) is 8.49. The molecule has 0 aliphatic heterocycles. The van der Waals surface area contributed by atoms with Gasteiger partial charge in [-0.05, 0) is 25.8 Å². The third kappa shape index (κ3) is 3.22. The number of hydrogen-bond acceptors (Lipinski definition) is 2. The Bertz CT molecular complexity index is 489. The van der Waals surface area contributed by atoms with Crippen molar-refractivity contribution in [1.29, 1.82) is 0 Å². The van der Waals surface area contributed by atoms with Crippen molar-refractivity contribution >= 4 is 5.97 Å².